The Bertz CT molecular complexity index is 464. The fourth-order valence-corrected chi connectivity index (χ4v) is 2.41. The van der Waals surface area contributed by atoms with Gasteiger partial charge < -0.3 is 28.4 Å². The van der Waals surface area contributed by atoms with Crippen LogP contribution in [0.4, 0.5) is 0 Å². The summed E-state index contributed by atoms with van der Waals surface area (Å²) in [6.07, 6.45) is 0. The number of hydrogen-bond donors (Lipinski definition) is 0. The summed E-state index contributed by atoms with van der Waals surface area (Å²) < 4.78 is 36.1. The normalized spacial score (nSPS) is 12.6. The van der Waals surface area contributed by atoms with Crippen molar-refractivity contribution in [1.29, 1.82) is 0 Å². The molecule has 0 amide bonds. The first-order valence-electron chi connectivity index (χ1n) is 9.42. The molecule has 0 aliphatic rings. The summed E-state index contributed by atoms with van der Waals surface area (Å²) in [5, 5.41) is 0. The molecule has 1 aromatic rings. The van der Waals surface area contributed by atoms with Crippen LogP contribution in [0.1, 0.15) is 41.5 Å². The van der Waals surface area contributed by atoms with Crippen LogP contribution in [-0.4, -0.2) is 45.0 Å². The van der Waals surface area contributed by atoms with Gasteiger partial charge in [-0.2, -0.15) is 0 Å². The Balaban J connectivity index is 3.39. The van der Waals surface area contributed by atoms with Gasteiger partial charge in [-0.3, -0.25) is 0 Å². The Hall–Kier alpha value is -1.18. The molecule has 0 saturated heterocycles. The molecule has 0 fully saturated rings. The van der Waals surface area contributed by atoms with E-state index in [9.17, 15) is 0 Å². The van der Waals surface area contributed by atoms with E-state index < -0.39 is 11.9 Å². The predicted molar refractivity (Wildman–Crippen MR) is 99.8 cm³/mol. The van der Waals surface area contributed by atoms with Crippen LogP contribution in [0.25, 0.3) is 0 Å². The summed E-state index contributed by atoms with van der Waals surface area (Å²) in [7, 11) is 0. The SMILES string of the molecule is CCOC(OCC)(OCC(C)C)C(OCC)(OCC)Oc1ccccc1. The highest BCUT2D eigenvalue weighted by molar-refractivity contribution is 5.21. The van der Waals surface area contributed by atoms with Crippen LogP contribution in [0.15, 0.2) is 30.3 Å². The maximum absolute atomic E-state index is 6.17. The molecule has 1 aromatic carbocycles. The lowest BCUT2D eigenvalue weighted by molar-refractivity contribution is -0.544. The van der Waals surface area contributed by atoms with E-state index in [-0.39, 0.29) is 5.92 Å². The minimum Gasteiger partial charge on any atom is -0.433 e. The zero-order valence-corrected chi connectivity index (χ0v) is 16.9. The monoisotopic (exact) mass is 370 g/mol. The Morgan fingerprint density at radius 1 is 0.692 bits per heavy atom. The molecule has 0 aliphatic heterocycles. The lowest BCUT2D eigenvalue weighted by Gasteiger charge is -2.45. The van der Waals surface area contributed by atoms with Crippen LogP contribution in [0.2, 0.25) is 0 Å². The molecule has 6 nitrogen and oxygen atoms in total. The summed E-state index contributed by atoms with van der Waals surface area (Å²) in [6.45, 7) is 13.2. The van der Waals surface area contributed by atoms with Crippen molar-refractivity contribution >= 4 is 0 Å². The first-order chi connectivity index (χ1) is 12.5. The standard InChI is InChI=1S/C20H34O6/c1-7-21-19(22-8-2,25-16-17(5)6)20(23-9-3,24-10-4)26-18-14-12-11-13-15-18/h11-15,17H,7-10,16H2,1-6H3. The molecular weight excluding hydrogens is 336 g/mol. The van der Waals surface area contributed by atoms with E-state index in [1.165, 1.54) is 0 Å². The second kappa shape index (κ2) is 11.5. The van der Waals surface area contributed by atoms with Crippen LogP contribution >= 0.6 is 0 Å². The predicted octanol–water partition coefficient (Wildman–Crippen LogP) is 4.19. The number of benzene rings is 1. The number of hydrogen-bond acceptors (Lipinski definition) is 6. The van der Waals surface area contributed by atoms with E-state index in [0.29, 0.717) is 38.8 Å². The summed E-state index contributed by atoms with van der Waals surface area (Å²) in [6, 6.07) is 9.28. The van der Waals surface area contributed by atoms with Gasteiger partial charge in [0, 0.05) is 13.2 Å². The van der Waals surface area contributed by atoms with E-state index in [2.05, 4.69) is 0 Å². The molecule has 0 aliphatic carbocycles. The van der Waals surface area contributed by atoms with Gasteiger partial charge in [-0.05, 0) is 45.7 Å². The van der Waals surface area contributed by atoms with Crippen LogP contribution in [-0.2, 0) is 23.7 Å². The number of para-hydroxylation sites is 1. The van der Waals surface area contributed by atoms with Gasteiger partial charge in [0.1, 0.15) is 5.75 Å². The molecule has 0 N–H and O–H groups in total. The molecule has 150 valence electrons. The first kappa shape index (κ1) is 22.9. The zero-order valence-electron chi connectivity index (χ0n) is 16.9. The van der Waals surface area contributed by atoms with Crippen molar-refractivity contribution in [3.8, 4) is 5.75 Å². The molecular formula is C20H34O6. The molecule has 0 radical (unpaired) electrons. The molecule has 0 atom stereocenters. The Morgan fingerprint density at radius 2 is 1.15 bits per heavy atom. The zero-order chi connectivity index (χ0) is 19.5. The average Bonchev–Trinajstić information content (AvgIpc) is 2.61. The van der Waals surface area contributed by atoms with Gasteiger partial charge in [0.05, 0.1) is 19.8 Å². The van der Waals surface area contributed by atoms with Crippen molar-refractivity contribution in [3.05, 3.63) is 30.3 Å². The molecule has 0 saturated carbocycles. The van der Waals surface area contributed by atoms with Crippen molar-refractivity contribution < 1.29 is 28.4 Å². The Morgan fingerprint density at radius 3 is 1.58 bits per heavy atom. The highest BCUT2D eigenvalue weighted by atomic mass is 17.0. The van der Waals surface area contributed by atoms with Crippen LogP contribution in [0, 0.1) is 5.92 Å². The van der Waals surface area contributed by atoms with Crippen LogP contribution in [0.3, 0.4) is 0 Å². The maximum atomic E-state index is 6.17. The highest BCUT2D eigenvalue weighted by Crippen LogP contribution is 2.37. The third kappa shape index (κ3) is 5.93. The summed E-state index contributed by atoms with van der Waals surface area (Å²) in [5.41, 5.74) is 0. The minimum absolute atomic E-state index is 0.257. The Labute approximate surface area is 157 Å². The maximum Gasteiger partial charge on any atom is 0.414 e. The fraction of sp³-hybridized carbons (Fsp3) is 0.700. The fourth-order valence-electron chi connectivity index (χ4n) is 2.41. The smallest absolute Gasteiger partial charge is 0.414 e. The highest BCUT2D eigenvalue weighted by Gasteiger charge is 2.62. The minimum atomic E-state index is -1.71. The molecule has 0 aromatic heterocycles. The topological polar surface area (TPSA) is 55.4 Å². The van der Waals surface area contributed by atoms with E-state index in [1.807, 2.05) is 71.9 Å². The van der Waals surface area contributed by atoms with Gasteiger partial charge in [0.15, 0.2) is 0 Å². The van der Waals surface area contributed by atoms with Gasteiger partial charge >= 0.3 is 11.9 Å². The van der Waals surface area contributed by atoms with Crippen molar-refractivity contribution in [2.24, 2.45) is 5.92 Å². The van der Waals surface area contributed by atoms with E-state index >= 15 is 0 Å². The van der Waals surface area contributed by atoms with Crippen molar-refractivity contribution in [2.45, 2.75) is 53.5 Å². The molecule has 0 heterocycles. The molecule has 0 bridgehead atoms. The summed E-state index contributed by atoms with van der Waals surface area (Å²) in [4.78, 5) is 0. The molecule has 26 heavy (non-hydrogen) atoms. The second-order valence-electron chi connectivity index (χ2n) is 5.96. The van der Waals surface area contributed by atoms with Crippen LogP contribution < -0.4 is 4.74 Å². The quantitative estimate of drug-likeness (QED) is 0.458. The van der Waals surface area contributed by atoms with E-state index in [4.69, 9.17) is 28.4 Å². The van der Waals surface area contributed by atoms with E-state index in [0.717, 1.165) is 0 Å². The van der Waals surface area contributed by atoms with Gasteiger partial charge in [0.25, 0.3) is 0 Å². The summed E-state index contributed by atoms with van der Waals surface area (Å²) in [5.74, 6) is -2.55. The van der Waals surface area contributed by atoms with Crippen molar-refractivity contribution in [1.82, 2.24) is 0 Å². The van der Waals surface area contributed by atoms with Gasteiger partial charge in [0.2, 0.25) is 0 Å². The first-order valence-corrected chi connectivity index (χ1v) is 9.42. The largest absolute Gasteiger partial charge is 0.433 e. The summed E-state index contributed by atoms with van der Waals surface area (Å²) >= 11 is 0. The molecule has 0 spiro atoms. The molecule has 0 unspecified atom stereocenters. The van der Waals surface area contributed by atoms with Gasteiger partial charge in [-0.15, -0.1) is 0 Å². The second-order valence-corrected chi connectivity index (χ2v) is 5.96. The Kier molecular flexibility index (Phi) is 10.1. The van der Waals surface area contributed by atoms with Gasteiger partial charge in [-0.1, -0.05) is 32.0 Å². The van der Waals surface area contributed by atoms with Crippen molar-refractivity contribution in [2.75, 3.05) is 33.0 Å². The van der Waals surface area contributed by atoms with Crippen LogP contribution in [0.5, 0.6) is 5.75 Å². The lowest BCUT2D eigenvalue weighted by Crippen LogP contribution is -2.66. The third-order valence-electron chi connectivity index (χ3n) is 3.31. The van der Waals surface area contributed by atoms with Gasteiger partial charge in [-0.25, -0.2) is 0 Å². The molecule has 6 heteroatoms. The number of ether oxygens (including phenoxy) is 6. The van der Waals surface area contributed by atoms with E-state index in [1.54, 1.807) is 0 Å². The lowest BCUT2D eigenvalue weighted by atomic mass is 10.2. The number of rotatable bonds is 14. The van der Waals surface area contributed by atoms with Crippen molar-refractivity contribution in [3.63, 3.8) is 0 Å². The average molecular weight is 370 g/mol. The third-order valence-corrected chi connectivity index (χ3v) is 3.31. The molecule has 1 rings (SSSR count).